The molecule has 1 aliphatic heterocycles. The molecule has 0 radical (unpaired) electrons. The normalized spacial score (nSPS) is 15.3. The Hall–Kier alpha value is -2.43. The van der Waals surface area contributed by atoms with E-state index in [0.29, 0.717) is 0 Å². The van der Waals surface area contributed by atoms with E-state index < -0.39 is 0 Å². The van der Waals surface area contributed by atoms with Crippen molar-refractivity contribution in [3.05, 3.63) is 41.5 Å². The maximum atomic E-state index is 12.4. The van der Waals surface area contributed by atoms with Crippen LogP contribution < -0.4 is 4.90 Å². The van der Waals surface area contributed by atoms with Crippen LogP contribution >= 0.6 is 0 Å². The highest BCUT2D eigenvalue weighted by Gasteiger charge is 2.30. The Balaban J connectivity index is 1.67. The molecule has 26 heavy (non-hydrogen) atoms. The van der Waals surface area contributed by atoms with Gasteiger partial charge in [0.25, 0.3) is 0 Å². The van der Waals surface area contributed by atoms with Gasteiger partial charge in [-0.05, 0) is 43.2 Å². The first kappa shape index (κ1) is 18.4. The van der Waals surface area contributed by atoms with Crippen molar-refractivity contribution in [3.8, 4) is 11.3 Å². The van der Waals surface area contributed by atoms with E-state index in [0.717, 1.165) is 43.3 Å². The lowest BCUT2D eigenvalue weighted by Crippen LogP contribution is -2.51. The first-order chi connectivity index (χ1) is 12.3. The van der Waals surface area contributed by atoms with Crippen molar-refractivity contribution < 1.29 is 4.79 Å². The summed E-state index contributed by atoms with van der Waals surface area (Å²) >= 11 is 0. The van der Waals surface area contributed by atoms with Gasteiger partial charge in [-0.15, -0.1) is 10.2 Å². The topological polar surface area (TPSA) is 49.3 Å². The van der Waals surface area contributed by atoms with Gasteiger partial charge in [-0.2, -0.15) is 0 Å². The molecule has 138 valence electrons. The lowest BCUT2D eigenvalue weighted by atomic mass is 9.94. The smallest absolute Gasteiger partial charge is 0.228 e. The number of nitrogens with zero attached hydrogens (tertiary/aromatic N) is 4. The lowest BCUT2D eigenvalue weighted by Gasteiger charge is -2.38. The molecule has 2 heterocycles. The van der Waals surface area contributed by atoms with Crippen LogP contribution in [0.1, 0.15) is 31.9 Å². The average Bonchev–Trinajstić information content (AvgIpc) is 2.63. The summed E-state index contributed by atoms with van der Waals surface area (Å²) in [6, 6.07) is 10.4. The van der Waals surface area contributed by atoms with Crippen LogP contribution in [0.25, 0.3) is 11.3 Å². The molecule has 0 aliphatic carbocycles. The van der Waals surface area contributed by atoms with Crippen molar-refractivity contribution in [2.45, 2.75) is 34.6 Å². The van der Waals surface area contributed by atoms with Crippen LogP contribution in [0.5, 0.6) is 0 Å². The minimum absolute atomic E-state index is 0.216. The van der Waals surface area contributed by atoms with Gasteiger partial charge in [0.1, 0.15) is 0 Å². The fraction of sp³-hybridized carbons (Fsp3) is 0.476. The highest BCUT2D eigenvalue weighted by atomic mass is 16.2. The van der Waals surface area contributed by atoms with Crippen LogP contribution in [0, 0.1) is 19.3 Å². The predicted molar refractivity (Wildman–Crippen MR) is 105 cm³/mol. The number of aromatic nitrogens is 2. The molecule has 0 spiro atoms. The minimum Gasteiger partial charge on any atom is -0.352 e. The fourth-order valence-electron chi connectivity index (χ4n) is 3.16. The number of carbonyl (C=O) groups is 1. The van der Waals surface area contributed by atoms with Gasteiger partial charge in [-0.25, -0.2) is 0 Å². The second-order valence-corrected chi connectivity index (χ2v) is 8.11. The largest absolute Gasteiger partial charge is 0.352 e. The number of anilines is 1. The molecule has 0 bridgehead atoms. The number of aryl methyl sites for hydroxylation is 2. The van der Waals surface area contributed by atoms with Crippen LogP contribution in [-0.4, -0.2) is 47.2 Å². The van der Waals surface area contributed by atoms with E-state index in [-0.39, 0.29) is 11.3 Å². The van der Waals surface area contributed by atoms with E-state index in [1.807, 2.05) is 37.8 Å². The standard InChI is InChI=1S/C21H28N4O/c1-15-6-7-17(14-16(15)2)18-8-9-19(23-22-18)24-10-12-25(13-11-24)20(26)21(3,4)5/h6-9,14H,10-13H2,1-5H3. The molecule has 2 aromatic rings. The molecule has 0 unspecified atom stereocenters. The van der Waals surface area contributed by atoms with Gasteiger partial charge < -0.3 is 9.80 Å². The molecular weight excluding hydrogens is 324 g/mol. The monoisotopic (exact) mass is 352 g/mol. The molecule has 3 rings (SSSR count). The average molecular weight is 352 g/mol. The SMILES string of the molecule is Cc1ccc(-c2ccc(N3CCN(C(=O)C(C)(C)C)CC3)nn2)cc1C. The second-order valence-electron chi connectivity index (χ2n) is 8.11. The Morgan fingerprint density at radius 3 is 2.15 bits per heavy atom. The number of rotatable bonds is 2. The zero-order valence-corrected chi connectivity index (χ0v) is 16.4. The van der Waals surface area contributed by atoms with Crippen LogP contribution in [0.3, 0.4) is 0 Å². The van der Waals surface area contributed by atoms with Crippen LogP contribution in [0.2, 0.25) is 0 Å². The van der Waals surface area contributed by atoms with Crippen molar-refractivity contribution in [1.82, 2.24) is 15.1 Å². The Kier molecular flexibility index (Phi) is 4.99. The molecule has 1 aromatic carbocycles. The third-order valence-electron chi connectivity index (χ3n) is 4.99. The summed E-state index contributed by atoms with van der Waals surface area (Å²) in [6.07, 6.45) is 0. The highest BCUT2D eigenvalue weighted by Crippen LogP contribution is 2.23. The third-order valence-corrected chi connectivity index (χ3v) is 4.99. The van der Waals surface area contributed by atoms with E-state index >= 15 is 0 Å². The molecule has 5 nitrogen and oxygen atoms in total. The summed E-state index contributed by atoms with van der Waals surface area (Å²) in [5.74, 6) is 1.09. The first-order valence-electron chi connectivity index (χ1n) is 9.21. The van der Waals surface area contributed by atoms with Gasteiger partial charge in [0.05, 0.1) is 5.69 Å². The van der Waals surface area contributed by atoms with Crippen molar-refractivity contribution in [1.29, 1.82) is 0 Å². The quantitative estimate of drug-likeness (QED) is 0.830. The molecule has 1 fully saturated rings. The number of piperazine rings is 1. The molecule has 0 atom stereocenters. The summed E-state index contributed by atoms with van der Waals surface area (Å²) in [4.78, 5) is 16.5. The summed E-state index contributed by atoms with van der Waals surface area (Å²) in [5, 5.41) is 8.84. The van der Waals surface area contributed by atoms with Gasteiger partial charge >= 0.3 is 0 Å². The van der Waals surface area contributed by atoms with Crippen LogP contribution in [0.4, 0.5) is 5.82 Å². The molecule has 5 heteroatoms. The maximum absolute atomic E-state index is 12.4. The van der Waals surface area contributed by atoms with Gasteiger partial charge in [-0.1, -0.05) is 32.9 Å². The fourth-order valence-corrected chi connectivity index (χ4v) is 3.16. The third kappa shape index (κ3) is 3.87. The second kappa shape index (κ2) is 7.06. The van der Waals surface area contributed by atoms with Crippen LogP contribution in [0.15, 0.2) is 30.3 Å². The van der Waals surface area contributed by atoms with Crippen molar-refractivity contribution in [2.75, 3.05) is 31.1 Å². The number of amides is 1. The summed E-state index contributed by atoms with van der Waals surface area (Å²) in [7, 11) is 0. The van der Waals surface area contributed by atoms with Gasteiger partial charge in [0.15, 0.2) is 5.82 Å². The molecule has 1 saturated heterocycles. The number of benzene rings is 1. The zero-order chi connectivity index (χ0) is 18.9. The van der Waals surface area contributed by atoms with Crippen LogP contribution in [-0.2, 0) is 4.79 Å². The van der Waals surface area contributed by atoms with Crippen molar-refractivity contribution in [3.63, 3.8) is 0 Å². The van der Waals surface area contributed by atoms with E-state index in [9.17, 15) is 4.79 Å². The highest BCUT2D eigenvalue weighted by molar-refractivity contribution is 5.81. The molecule has 1 aromatic heterocycles. The molecule has 1 amide bonds. The molecule has 0 N–H and O–H groups in total. The summed E-state index contributed by atoms with van der Waals surface area (Å²) in [5.41, 5.74) is 4.19. The van der Waals surface area contributed by atoms with Gasteiger partial charge in [0.2, 0.25) is 5.91 Å². The minimum atomic E-state index is -0.324. The zero-order valence-electron chi connectivity index (χ0n) is 16.4. The van der Waals surface area contributed by atoms with E-state index in [1.54, 1.807) is 0 Å². The van der Waals surface area contributed by atoms with E-state index in [4.69, 9.17) is 0 Å². The van der Waals surface area contributed by atoms with E-state index in [2.05, 4.69) is 47.1 Å². The maximum Gasteiger partial charge on any atom is 0.228 e. The molecular formula is C21H28N4O. The molecule has 0 saturated carbocycles. The van der Waals surface area contributed by atoms with Gasteiger partial charge in [0, 0.05) is 37.2 Å². The Morgan fingerprint density at radius 2 is 1.62 bits per heavy atom. The van der Waals surface area contributed by atoms with Crippen molar-refractivity contribution in [2.24, 2.45) is 5.41 Å². The number of hydrogen-bond donors (Lipinski definition) is 0. The Morgan fingerprint density at radius 1 is 0.923 bits per heavy atom. The lowest BCUT2D eigenvalue weighted by molar-refractivity contribution is -0.139. The summed E-state index contributed by atoms with van der Waals surface area (Å²) < 4.78 is 0. The van der Waals surface area contributed by atoms with Crippen molar-refractivity contribution >= 4 is 11.7 Å². The predicted octanol–water partition coefficient (Wildman–Crippen LogP) is 3.46. The first-order valence-corrected chi connectivity index (χ1v) is 9.21. The molecule has 1 aliphatic rings. The Bertz CT molecular complexity index is 785. The number of carbonyl (C=O) groups excluding carboxylic acids is 1. The summed E-state index contributed by atoms with van der Waals surface area (Å²) in [6.45, 7) is 13.2. The Labute approximate surface area is 156 Å². The van der Waals surface area contributed by atoms with Gasteiger partial charge in [-0.3, -0.25) is 4.79 Å². The van der Waals surface area contributed by atoms with E-state index in [1.165, 1.54) is 11.1 Å². The number of hydrogen-bond acceptors (Lipinski definition) is 4.